The molecule has 0 spiro atoms. The number of carbonyl (C=O) groups is 1. The molecule has 0 saturated heterocycles. The maximum absolute atomic E-state index is 10.7. The van der Waals surface area contributed by atoms with Crippen molar-refractivity contribution in [3.63, 3.8) is 0 Å². The number of hydrogen-bond donors (Lipinski definition) is 1. The molecule has 3 nitrogen and oxygen atoms in total. The van der Waals surface area contributed by atoms with Crippen LogP contribution in [-0.4, -0.2) is 37.9 Å². The highest BCUT2D eigenvalue weighted by Crippen LogP contribution is 1.81. The van der Waals surface area contributed by atoms with Crippen LogP contribution in [0.3, 0.4) is 0 Å². The Balaban J connectivity index is 0. The highest BCUT2D eigenvalue weighted by molar-refractivity contribution is 5.85. The molecular formula is C6H15ClN2O. The summed E-state index contributed by atoms with van der Waals surface area (Å²) >= 11 is 0. The molecule has 0 aromatic carbocycles. The van der Waals surface area contributed by atoms with Crippen LogP contribution in [0, 0.1) is 0 Å². The van der Waals surface area contributed by atoms with Gasteiger partial charge in [0.05, 0.1) is 6.54 Å². The second-order valence-corrected chi connectivity index (χ2v) is 2.32. The Morgan fingerprint density at radius 3 is 2.30 bits per heavy atom. The van der Waals surface area contributed by atoms with Crippen LogP contribution in [0.25, 0.3) is 0 Å². The normalized spacial score (nSPS) is 9.20. The molecule has 62 valence electrons. The highest BCUT2D eigenvalue weighted by Gasteiger charge is 1.99. The minimum Gasteiger partial charge on any atom is -0.330 e. The van der Waals surface area contributed by atoms with Crippen LogP contribution in [0.15, 0.2) is 0 Å². The van der Waals surface area contributed by atoms with Crippen molar-refractivity contribution in [2.75, 3.05) is 27.2 Å². The third-order valence-electron chi connectivity index (χ3n) is 0.916. The predicted octanol–water partition coefficient (Wildman–Crippen LogP) is -0.112. The standard InChI is InChI=1S/C6H14N2O.ClH/c1-8(2)5-6(9)3-4-7;/h3-5,7H2,1-2H3;1H. The molecule has 0 unspecified atom stereocenters. The number of Topliss-reactive ketones (excluding diaryl/α,β-unsaturated/α-hetero) is 1. The molecule has 0 rings (SSSR count). The predicted molar refractivity (Wildman–Crippen MR) is 44.5 cm³/mol. The quantitative estimate of drug-likeness (QED) is 0.634. The number of likely N-dealkylation sites (N-methyl/N-ethyl adjacent to an activating group) is 1. The summed E-state index contributed by atoms with van der Waals surface area (Å²) < 4.78 is 0. The molecule has 0 amide bonds. The minimum absolute atomic E-state index is 0. The van der Waals surface area contributed by atoms with Crippen molar-refractivity contribution in [3.05, 3.63) is 0 Å². The van der Waals surface area contributed by atoms with E-state index in [4.69, 9.17) is 5.73 Å². The van der Waals surface area contributed by atoms with Gasteiger partial charge in [-0.25, -0.2) is 0 Å². The summed E-state index contributed by atoms with van der Waals surface area (Å²) in [5.74, 6) is 0.211. The van der Waals surface area contributed by atoms with Crippen molar-refractivity contribution in [1.29, 1.82) is 0 Å². The van der Waals surface area contributed by atoms with Gasteiger partial charge >= 0.3 is 0 Å². The first-order valence-corrected chi connectivity index (χ1v) is 3.03. The third kappa shape index (κ3) is 7.88. The molecular weight excluding hydrogens is 152 g/mol. The SMILES string of the molecule is CN(C)CC(=O)CCN.Cl. The van der Waals surface area contributed by atoms with E-state index >= 15 is 0 Å². The summed E-state index contributed by atoms with van der Waals surface area (Å²) in [6.07, 6.45) is 0.498. The molecule has 0 radical (unpaired) electrons. The lowest BCUT2D eigenvalue weighted by Crippen LogP contribution is -2.23. The maximum Gasteiger partial charge on any atom is 0.148 e. The molecule has 0 aliphatic carbocycles. The first-order valence-electron chi connectivity index (χ1n) is 3.03. The topological polar surface area (TPSA) is 46.3 Å². The number of halogens is 1. The van der Waals surface area contributed by atoms with Crippen molar-refractivity contribution in [3.8, 4) is 0 Å². The van der Waals surface area contributed by atoms with Crippen molar-refractivity contribution in [1.82, 2.24) is 4.90 Å². The summed E-state index contributed by atoms with van der Waals surface area (Å²) in [7, 11) is 3.74. The first-order chi connectivity index (χ1) is 4.16. The van der Waals surface area contributed by atoms with Crippen LogP contribution >= 0.6 is 12.4 Å². The number of ketones is 1. The van der Waals surface area contributed by atoms with Gasteiger partial charge in [0.2, 0.25) is 0 Å². The molecule has 2 N–H and O–H groups in total. The summed E-state index contributed by atoms with van der Waals surface area (Å²) in [6, 6.07) is 0. The smallest absolute Gasteiger partial charge is 0.148 e. The third-order valence-corrected chi connectivity index (χ3v) is 0.916. The molecule has 0 aromatic heterocycles. The second-order valence-electron chi connectivity index (χ2n) is 2.32. The molecule has 0 aromatic rings. The molecule has 0 aliphatic rings. The summed E-state index contributed by atoms with van der Waals surface area (Å²) in [6.45, 7) is 0.976. The zero-order valence-electron chi connectivity index (χ0n) is 6.46. The van der Waals surface area contributed by atoms with E-state index < -0.39 is 0 Å². The van der Waals surface area contributed by atoms with Gasteiger partial charge in [-0.1, -0.05) is 0 Å². The van der Waals surface area contributed by atoms with Gasteiger partial charge in [0.1, 0.15) is 5.78 Å². The maximum atomic E-state index is 10.7. The fourth-order valence-corrected chi connectivity index (χ4v) is 0.593. The molecule has 4 heteroatoms. The van der Waals surface area contributed by atoms with E-state index in [1.807, 2.05) is 19.0 Å². The van der Waals surface area contributed by atoms with Crippen LogP contribution in [0.4, 0.5) is 0 Å². The molecule has 0 heterocycles. The zero-order valence-corrected chi connectivity index (χ0v) is 7.28. The Morgan fingerprint density at radius 2 is 2.00 bits per heavy atom. The Bertz CT molecular complexity index is 95.7. The van der Waals surface area contributed by atoms with Crippen LogP contribution in [0.1, 0.15) is 6.42 Å². The van der Waals surface area contributed by atoms with Crippen molar-refractivity contribution >= 4 is 18.2 Å². The van der Waals surface area contributed by atoms with Gasteiger partial charge in [-0.05, 0) is 20.6 Å². The molecule has 10 heavy (non-hydrogen) atoms. The lowest BCUT2D eigenvalue weighted by atomic mass is 10.3. The van der Waals surface area contributed by atoms with Crippen LogP contribution < -0.4 is 5.73 Å². The van der Waals surface area contributed by atoms with Crippen LogP contribution in [0.5, 0.6) is 0 Å². The Morgan fingerprint density at radius 1 is 1.50 bits per heavy atom. The van der Waals surface area contributed by atoms with Crippen LogP contribution in [0.2, 0.25) is 0 Å². The van der Waals surface area contributed by atoms with Gasteiger partial charge in [0.25, 0.3) is 0 Å². The Labute approximate surface area is 68.0 Å². The number of carbonyl (C=O) groups excluding carboxylic acids is 1. The fourth-order valence-electron chi connectivity index (χ4n) is 0.593. The Hall–Kier alpha value is -0.120. The molecule has 0 aliphatic heterocycles. The first kappa shape index (κ1) is 12.5. The van der Waals surface area contributed by atoms with Gasteiger partial charge in [-0.2, -0.15) is 0 Å². The van der Waals surface area contributed by atoms with E-state index in [-0.39, 0.29) is 18.2 Å². The number of nitrogens with two attached hydrogens (primary N) is 1. The zero-order chi connectivity index (χ0) is 7.28. The van der Waals surface area contributed by atoms with E-state index in [1.54, 1.807) is 0 Å². The van der Waals surface area contributed by atoms with E-state index in [9.17, 15) is 4.79 Å². The van der Waals surface area contributed by atoms with Gasteiger partial charge < -0.3 is 10.6 Å². The molecule has 0 bridgehead atoms. The van der Waals surface area contributed by atoms with E-state index in [0.29, 0.717) is 19.5 Å². The Kier molecular flexibility index (Phi) is 8.77. The van der Waals surface area contributed by atoms with E-state index in [2.05, 4.69) is 0 Å². The van der Waals surface area contributed by atoms with Crippen LogP contribution in [-0.2, 0) is 4.79 Å². The largest absolute Gasteiger partial charge is 0.330 e. The number of rotatable bonds is 4. The van der Waals surface area contributed by atoms with E-state index in [1.165, 1.54) is 0 Å². The van der Waals surface area contributed by atoms with Crippen molar-refractivity contribution < 1.29 is 4.79 Å². The van der Waals surface area contributed by atoms with Gasteiger partial charge in [-0.3, -0.25) is 4.79 Å². The van der Waals surface area contributed by atoms with E-state index in [0.717, 1.165) is 0 Å². The molecule has 0 atom stereocenters. The van der Waals surface area contributed by atoms with Gasteiger partial charge in [0, 0.05) is 6.42 Å². The van der Waals surface area contributed by atoms with Gasteiger partial charge in [0.15, 0.2) is 0 Å². The van der Waals surface area contributed by atoms with Crippen molar-refractivity contribution in [2.24, 2.45) is 5.73 Å². The monoisotopic (exact) mass is 166 g/mol. The lowest BCUT2D eigenvalue weighted by molar-refractivity contribution is -0.119. The van der Waals surface area contributed by atoms with Gasteiger partial charge in [-0.15, -0.1) is 12.4 Å². The number of hydrogen-bond acceptors (Lipinski definition) is 3. The molecule has 0 fully saturated rings. The van der Waals surface area contributed by atoms with Crippen molar-refractivity contribution in [2.45, 2.75) is 6.42 Å². The summed E-state index contributed by atoms with van der Waals surface area (Å²) in [5, 5.41) is 0. The molecule has 0 saturated carbocycles. The lowest BCUT2D eigenvalue weighted by Gasteiger charge is -2.06. The second kappa shape index (κ2) is 6.99. The highest BCUT2D eigenvalue weighted by atomic mass is 35.5. The number of nitrogens with zero attached hydrogens (tertiary/aromatic N) is 1. The average Bonchev–Trinajstić information content (AvgIpc) is 1.63. The fraction of sp³-hybridized carbons (Fsp3) is 0.833. The average molecular weight is 167 g/mol. The summed E-state index contributed by atoms with van der Waals surface area (Å²) in [5.41, 5.74) is 5.17. The summed E-state index contributed by atoms with van der Waals surface area (Å²) in [4.78, 5) is 12.6. The minimum atomic E-state index is 0.